The summed E-state index contributed by atoms with van der Waals surface area (Å²) in [5.41, 5.74) is 0.948. The average Bonchev–Trinajstić information content (AvgIpc) is 3.07. The molecule has 9 heteroatoms. The van der Waals surface area contributed by atoms with Crippen molar-refractivity contribution in [3.05, 3.63) is 53.3 Å². The molecular formula is C25H30N4O5. The van der Waals surface area contributed by atoms with Crippen molar-refractivity contribution in [2.45, 2.75) is 38.8 Å². The first kappa shape index (κ1) is 23.5. The zero-order valence-corrected chi connectivity index (χ0v) is 20.0. The largest absolute Gasteiger partial charge is 0.493 e. The van der Waals surface area contributed by atoms with Gasteiger partial charge >= 0.3 is 6.03 Å². The Hall–Kier alpha value is -3.62. The lowest BCUT2D eigenvalue weighted by Gasteiger charge is -2.39. The van der Waals surface area contributed by atoms with E-state index >= 15 is 0 Å². The second-order valence-corrected chi connectivity index (χ2v) is 8.88. The number of pyridine rings is 1. The molecule has 1 atom stereocenters. The van der Waals surface area contributed by atoms with Gasteiger partial charge in [0, 0.05) is 30.5 Å². The molecule has 1 aromatic carbocycles. The van der Waals surface area contributed by atoms with Crippen LogP contribution in [0.1, 0.15) is 41.4 Å². The Morgan fingerprint density at radius 1 is 1.15 bits per heavy atom. The van der Waals surface area contributed by atoms with Crippen molar-refractivity contribution in [3.63, 3.8) is 0 Å². The summed E-state index contributed by atoms with van der Waals surface area (Å²) in [5, 5.41) is 2.92. The summed E-state index contributed by atoms with van der Waals surface area (Å²) >= 11 is 0. The highest BCUT2D eigenvalue weighted by molar-refractivity contribution is 6.07. The van der Waals surface area contributed by atoms with Crippen LogP contribution in [0.25, 0.3) is 0 Å². The van der Waals surface area contributed by atoms with Crippen LogP contribution >= 0.6 is 0 Å². The van der Waals surface area contributed by atoms with Crippen molar-refractivity contribution in [1.29, 1.82) is 0 Å². The smallest absolute Gasteiger partial charge is 0.325 e. The van der Waals surface area contributed by atoms with Gasteiger partial charge in [-0.2, -0.15) is 0 Å². The van der Waals surface area contributed by atoms with Gasteiger partial charge < -0.3 is 19.7 Å². The number of nitrogens with zero attached hydrogens (tertiary/aromatic N) is 3. The van der Waals surface area contributed by atoms with E-state index in [0.717, 1.165) is 0 Å². The molecule has 2 saturated heterocycles. The Bertz CT molecular complexity index is 1110. The van der Waals surface area contributed by atoms with Crippen LogP contribution in [0.3, 0.4) is 0 Å². The lowest BCUT2D eigenvalue weighted by Crippen LogP contribution is -2.54. The second kappa shape index (κ2) is 9.32. The predicted octanol–water partition coefficient (Wildman–Crippen LogP) is 2.77. The molecule has 3 heterocycles. The van der Waals surface area contributed by atoms with Crippen LogP contribution < -0.4 is 14.8 Å². The van der Waals surface area contributed by atoms with Crippen molar-refractivity contribution in [2.24, 2.45) is 5.92 Å². The summed E-state index contributed by atoms with van der Waals surface area (Å²) in [7, 11) is 3.07. The topological polar surface area (TPSA) is 101 Å². The molecule has 1 unspecified atom stereocenters. The zero-order valence-electron chi connectivity index (χ0n) is 20.0. The molecule has 0 spiro atoms. The van der Waals surface area contributed by atoms with Gasteiger partial charge in [-0.15, -0.1) is 0 Å². The molecular weight excluding hydrogens is 436 g/mol. The van der Waals surface area contributed by atoms with E-state index in [1.54, 1.807) is 49.4 Å². The van der Waals surface area contributed by atoms with E-state index < -0.39 is 11.6 Å². The SMILES string of the molecule is COc1cccc(CN2C(=O)NC(C)(C3CCN(C(=O)c4cccnc4C)CC3)C2=O)c1OC. The minimum Gasteiger partial charge on any atom is -0.493 e. The second-order valence-electron chi connectivity index (χ2n) is 8.88. The first-order valence-electron chi connectivity index (χ1n) is 11.3. The molecule has 2 fully saturated rings. The molecule has 0 bridgehead atoms. The average molecular weight is 467 g/mol. The van der Waals surface area contributed by atoms with Gasteiger partial charge in [0.05, 0.1) is 26.3 Å². The number of aryl methyl sites for hydroxylation is 1. The van der Waals surface area contributed by atoms with E-state index in [1.807, 2.05) is 13.0 Å². The van der Waals surface area contributed by atoms with Crippen LogP contribution in [-0.2, 0) is 11.3 Å². The first-order valence-corrected chi connectivity index (χ1v) is 11.3. The highest BCUT2D eigenvalue weighted by Gasteiger charge is 2.53. The molecule has 0 saturated carbocycles. The fourth-order valence-electron chi connectivity index (χ4n) is 4.93. The lowest BCUT2D eigenvalue weighted by molar-refractivity contribution is -0.133. The van der Waals surface area contributed by atoms with Crippen LogP contribution in [-0.4, -0.2) is 65.5 Å². The minimum absolute atomic E-state index is 0.0530. The van der Waals surface area contributed by atoms with Crippen molar-refractivity contribution < 1.29 is 23.9 Å². The van der Waals surface area contributed by atoms with Crippen molar-refractivity contribution in [2.75, 3.05) is 27.3 Å². The molecule has 2 aromatic rings. The van der Waals surface area contributed by atoms with Gasteiger partial charge in [-0.1, -0.05) is 12.1 Å². The number of likely N-dealkylation sites (tertiary alicyclic amines) is 1. The molecule has 1 aromatic heterocycles. The molecule has 2 aliphatic heterocycles. The third kappa shape index (κ3) is 4.06. The summed E-state index contributed by atoms with van der Waals surface area (Å²) in [5.74, 6) is 0.630. The first-order chi connectivity index (χ1) is 16.3. The van der Waals surface area contributed by atoms with Crippen LogP contribution in [0.2, 0.25) is 0 Å². The quantitative estimate of drug-likeness (QED) is 0.657. The number of nitrogens with one attached hydrogen (secondary N) is 1. The van der Waals surface area contributed by atoms with Crippen molar-refractivity contribution in [1.82, 2.24) is 20.1 Å². The summed E-state index contributed by atoms with van der Waals surface area (Å²) in [4.78, 5) is 46.5. The number of carbonyl (C=O) groups excluding carboxylic acids is 3. The number of rotatable bonds is 6. The van der Waals surface area contributed by atoms with Crippen LogP contribution in [0, 0.1) is 12.8 Å². The van der Waals surface area contributed by atoms with E-state index in [0.29, 0.717) is 54.3 Å². The fraction of sp³-hybridized carbons (Fsp3) is 0.440. The van der Waals surface area contributed by atoms with Gasteiger partial charge in [0.1, 0.15) is 5.54 Å². The van der Waals surface area contributed by atoms with Crippen LogP contribution in [0.4, 0.5) is 4.79 Å². The molecule has 34 heavy (non-hydrogen) atoms. The number of ether oxygens (including phenoxy) is 2. The Morgan fingerprint density at radius 3 is 2.53 bits per heavy atom. The predicted molar refractivity (Wildman–Crippen MR) is 125 cm³/mol. The lowest BCUT2D eigenvalue weighted by atomic mass is 9.78. The van der Waals surface area contributed by atoms with E-state index in [4.69, 9.17) is 9.47 Å². The number of benzene rings is 1. The van der Waals surface area contributed by atoms with Crippen LogP contribution in [0.15, 0.2) is 36.5 Å². The zero-order chi connectivity index (χ0) is 24.5. The maximum Gasteiger partial charge on any atom is 0.325 e. The minimum atomic E-state index is -1.03. The van der Waals surface area contributed by atoms with Gasteiger partial charge in [0.2, 0.25) is 0 Å². The number of methoxy groups -OCH3 is 2. The molecule has 4 amide bonds. The number of aromatic nitrogens is 1. The molecule has 2 aliphatic rings. The summed E-state index contributed by atoms with van der Waals surface area (Å²) in [6.45, 7) is 4.71. The number of urea groups is 1. The number of amides is 4. The third-order valence-corrected chi connectivity index (χ3v) is 6.95. The number of carbonyl (C=O) groups is 3. The Kier molecular flexibility index (Phi) is 6.45. The van der Waals surface area contributed by atoms with Gasteiger partial charge in [-0.3, -0.25) is 19.5 Å². The normalized spacial score (nSPS) is 20.9. The molecule has 0 radical (unpaired) electrons. The third-order valence-electron chi connectivity index (χ3n) is 6.95. The molecule has 9 nitrogen and oxygen atoms in total. The van der Waals surface area contributed by atoms with E-state index in [9.17, 15) is 14.4 Å². The molecule has 0 aliphatic carbocycles. The summed E-state index contributed by atoms with van der Waals surface area (Å²) in [6, 6.07) is 8.48. The molecule has 4 rings (SSSR count). The van der Waals surface area contributed by atoms with Gasteiger partial charge in [-0.05, 0) is 50.8 Å². The number of imide groups is 1. The Labute approximate surface area is 199 Å². The van der Waals surface area contributed by atoms with E-state index in [2.05, 4.69) is 10.3 Å². The van der Waals surface area contributed by atoms with Gasteiger partial charge in [0.25, 0.3) is 11.8 Å². The van der Waals surface area contributed by atoms with Gasteiger partial charge in [0.15, 0.2) is 11.5 Å². The summed E-state index contributed by atoms with van der Waals surface area (Å²) in [6.07, 6.45) is 2.90. The molecule has 180 valence electrons. The van der Waals surface area contributed by atoms with Crippen molar-refractivity contribution >= 4 is 17.8 Å². The van der Waals surface area contributed by atoms with Crippen molar-refractivity contribution in [3.8, 4) is 11.5 Å². The fourth-order valence-corrected chi connectivity index (χ4v) is 4.93. The monoisotopic (exact) mass is 466 g/mol. The number of piperidine rings is 1. The van der Waals surface area contributed by atoms with Gasteiger partial charge in [-0.25, -0.2) is 4.79 Å². The Balaban J connectivity index is 1.46. The van der Waals surface area contributed by atoms with E-state index in [-0.39, 0.29) is 24.3 Å². The van der Waals surface area contributed by atoms with Crippen LogP contribution in [0.5, 0.6) is 11.5 Å². The highest BCUT2D eigenvalue weighted by Crippen LogP contribution is 2.36. The Morgan fingerprint density at radius 2 is 1.88 bits per heavy atom. The maximum atomic E-state index is 13.5. The standard InChI is InChI=1S/C25H30N4O5/c1-16-19(8-6-12-26-16)22(30)28-13-10-18(11-14-28)25(2)23(31)29(24(32)27-25)15-17-7-5-9-20(33-3)21(17)34-4/h5-9,12,18H,10-11,13-15H2,1-4H3,(H,27,32). The summed E-state index contributed by atoms with van der Waals surface area (Å²) < 4.78 is 10.8. The maximum absolute atomic E-state index is 13.5. The number of hydrogen-bond donors (Lipinski definition) is 1. The van der Waals surface area contributed by atoms with E-state index in [1.165, 1.54) is 12.0 Å². The molecule has 1 N–H and O–H groups in total. The highest BCUT2D eigenvalue weighted by atomic mass is 16.5. The number of para-hydroxylation sites is 1. The number of hydrogen-bond acceptors (Lipinski definition) is 6.